The van der Waals surface area contributed by atoms with Crippen molar-refractivity contribution < 1.29 is 19.4 Å². The van der Waals surface area contributed by atoms with E-state index in [9.17, 15) is 19.2 Å². The van der Waals surface area contributed by atoms with Crippen molar-refractivity contribution in [3.63, 3.8) is 0 Å². The Kier molecular flexibility index (Phi) is 9.46. The minimum absolute atomic E-state index is 0.121. The molecule has 0 radical (unpaired) electrons. The molecule has 3 heterocycles. The molecule has 0 fully saturated rings. The number of H-pyrrole nitrogens is 1. The zero-order valence-corrected chi connectivity index (χ0v) is 22.9. The Hall–Kier alpha value is -3.58. The number of hydrogen-bond acceptors (Lipinski definition) is 8. The summed E-state index contributed by atoms with van der Waals surface area (Å²) in [7, 11) is 2.97. The van der Waals surface area contributed by atoms with Crippen LogP contribution >= 0.6 is 21.6 Å². The summed E-state index contributed by atoms with van der Waals surface area (Å²) in [5, 5.41) is 14.7. The molecule has 0 spiro atoms. The van der Waals surface area contributed by atoms with Crippen molar-refractivity contribution in [3.05, 3.63) is 104 Å². The van der Waals surface area contributed by atoms with Gasteiger partial charge < -0.3 is 20.5 Å². The fourth-order valence-corrected chi connectivity index (χ4v) is 6.12. The van der Waals surface area contributed by atoms with Crippen molar-refractivity contribution in [2.45, 2.75) is 42.0 Å². The maximum Gasteiger partial charge on any atom is 0.330 e. The molecule has 3 atom stereocenters. The molecule has 1 unspecified atom stereocenters. The number of nitrogens with zero attached hydrogens (tertiary/aromatic N) is 1. The van der Waals surface area contributed by atoms with Crippen LogP contribution in [0.4, 0.5) is 0 Å². The first-order chi connectivity index (χ1) is 18.8. The summed E-state index contributed by atoms with van der Waals surface area (Å²) < 4.78 is 6.63. The lowest BCUT2D eigenvalue weighted by molar-refractivity contribution is -0.0104. The summed E-state index contributed by atoms with van der Waals surface area (Å²) in [6, 6.07) is 14.9. The second-order valence-corrected chi connectivity index (χ2v) is 11.1. The minimum Gasteiger partial charge on any atom is -0.393 e. The van der Waals surface area contributed by atoms with E-state index in [1.807, 2.05) is 55.5 Å². The first kappa shape index (κ1) is 28.4. The SMILES string of the molecule is CC1CNC(=O)c2ccccc2SSc2ccccc2C(=O)N1.Cc1cn([C@H]2C=C[C@@H](CO)O2)c(=O)[nH]c1=O. The zero-order chi connectivity index (χ0) is 27.9. The second kappa shape index (κ2) is 13.0. The number of aryl methyl sites for hydroxylation is 1. The number of carbonyl (C=O) groups excluding carboxylic acids is 2. The van der Waals surface area contributed by atoms with Crippen molar-refractivity contribution in [2.75, 3.05) is 13.2 Å². The molecule has 2 aliphatic heterocycles. The largest absolute Gasteiger partial charge is 0.393 e. The van der Waals surface area contributed by atoms with Crippen LogP contribution in [-0.2, 0) is 4.74 Å². The number of aliphatic hydroxyl groups excluding tert-OH is 1. The molecule has 0 saturated heterocycles. The molecule has 0 bridgehead atoms. The highest BCUT2D eigenvalue weighted by Crippen LogP contribution is 2.40. The van der Waals surface area contributed by atoms with Crippen LogP contribution in [0.15, 0.2) is 86.3 Å². The van der Waals surface area contributed by atoms with Gasteiger partial charge in [-0.15, -0.1) is 0 Å². The Balaban J connectivity index is 0.000000193. The Morgan fingerprint density at radius 3 is 2.18 bits per heavy atom. The Morgan fingerprint density at radius 1 is 0.949 bits per heavy atom. The van der Waals surface area contributed by atoms with E-state index >= 15 is 0 Å². The van der Waals surface area contributed by atoms with E-state index in [4.69, 9.17) is 9.84 Å². The third-order valence-corrected chi connectivity index (χ3v) is 8.32. The minimum atomic E-state index is -0.569. The summed E-state index contributed by atoms with van der Waals surface area (Å²) in [5.74, 6) is -0.243. The number of hydrogen-bond donors (Lipinski definition) is 4. The van der Waals surface area contributed by atoms with Gasteiger partial charge in [0.15, 0.2) is 6.23 Å². The van der Waals surface area contributed by atoms with Crippen LogP contribution in [0.25, 0.3) is 0 Å². The number of aromatic amines is 1. The summed E-state index contributed by atoms with van der Waals surface area (Å²) in [6.45, 7) is 3.74. The van der Waals surface area contributed by atoms with Gasteiger partial charge in [-0.05, 0) is 44.2 Å². The molecule has 1 aromatic heterocycles. The summed E-state index contributed by atoms with van der Waals surface area (Å²) in [4.78, 5) is 51.4. The number of benzene rings is 2. The third-order valence-electron chi connectivity index (χ3n) is 5.84. The first-order valence-corrected chi connectivity index (χ1v) is 14.3. The molecule has 2 aromatic carbocycles. The highest BCUT2D eigenvalue weighted by Gasteiger charge is 2.21. The Labute approximate surface area is 232 Å². The predicted octanol–water partition coefficient (Wildman–Crippen LogP) is 2.64. The van der Waals surface area contributed by atoms with Crippen molar-refractivity contribution in [1.82, 2.24) is 20.2 Å². The van der Waals surface area contributed by atoms with Crippen LogP contribution in [0, 0.1) is 6.92 Å². The molecule has 0 aliphatic carbocycles. The number of nitrogens with one attached hydrogen (secondary N) is 3. The molecule has 4 N–H and O–H groups in total. The number of fused-ring (bicyclic) bond motifs is 2. The quantitative estimate of drug-likeness (QED) is 0.273. The third kappa shape index (κ3) is 7.09. The number of ether oxygens (including phenoxy) is 1. The fourth-order valence-electron chi connectivity index (χ4n) is 3.76. The number of carbonyl (C=O) groups is 2. The van der Waals surface area contributed by atoms with Gasteiger partial charge in [-0.3, -0.25) is 23.9 Å². The van der Waals surface area contributed by atoms with E-state index in [1.54, 1.807) is 19.1 Å². The number of aliphatic hydroxyl groups is 1. The molecule has 2 aliphatic rings. The maximum atomic E-state index is 12.4. The van der Waals surface area contributed by atoms with Crippen LogP contribution < -0.4 is 21.9 Å². The smallest absolute Gasteiger partial charge is 0.330 e. The zero-order valence-electron chi connectivity index (χ0n) is 21.2. The van der Waals surface area contributed by atoms with Crippen molar-refractivity contribution in [3.8, 4) is 0 Å². The molecule has 2 amide bonds. The van der Waals surface area contributed by atoms with Crippen LogP contribution in [-0.4, -0.2) is 51.8 Å². The molecule has 39 heavy (non-hydrogen) atoms. The van der Waals surface area contributed by atoms with E-state index in [2.05, 4.69) is 15.6 Å². The summed E-state index contributed by atoms with van der Waals surface area (Å²) in [6.07, 6.45) is 3.82. The van der Waals surface area contributed by atoms with Gasteiger partial charge in [0, 0.05) is 34.1 Å². The lowest BCUT2D eigenvalue weighted by Gasteiger charge is -2.18. The first-order valence-electron chi connectivity index (χ1n) is 12.1. The topological polar surface area (TPSA) is 143 Å². The van der Waals surface area contributed by atoms with Gasteiger partial charge in [-0.2, -0.15) is 0 Å². The van der Waals surface area contributed by atoms with Gasteiger partial charge >= 0.3 is 5.69 Å². The Morgan fingerprint density at radius 2 is 1.56 bits per heavy atom. The number of aromatic nitrogens is 2. The molecular weight excluding hydrogens is 540 g/mol. The lowest BCUT2D eigenvalue weighted by atomic mass is 10.2. The van der Waals surface area contributed by atoms with E-state index in [0.717, 1.165) is 9.79 Å². The molecule has 12 heteroatoms. The molecule has 204 valence electrons. The number of rotatable bonds is 2. The van der Waals surface area contributed by atoms with Crippen molar-refractivity contribution in [1.29, 1.82) is 0 Å². The van der Waals surface area contributed by atoms with Crippen LogP contribution in [0.1, 0.15) is 39.4 Å². The molecule has 5 rings (SSSR count). The van der Waals surface area contributed by atoms with E-state index in [1.165, 1.54) is 32.4 Å². The summed E-state index contributed by atoms with van der Waals surface area (Å²) in [5.41, 5.74) is 0.817. The van der Waals surface area contributed by atoms with E-state index < -0.39 is 23.6 Å². The van der Waals surface area contributed by atoms with Gasteiger partial charge in [-0.25, -0.2) is 4.79 Å². The Bertz CT molecular complexity index is 1500. The van der Waals surface area contributed by atoms with Crippen LogP contribution in [0.5, 0.6) is 0 Å². The number of amides is 2. The normalized spacial score (nSPS) is 20.7. The van der Waals surface area contributed by atoms with Crippen LogP contribution in [0.2, 0.25) is 0 Å². The van der Waals surface area contributed by atoms with Gasteiger partial charge in [-0.1, -0.05) is 51.9 Å². The standard InChI is InChI=1S/C17H16N2O2S2.C10H12N2O4/c1-11-10-18-16(20)12-6-2-4-8-14(12)22-23-15-9-5-3-7-13(15)17(21)19-11;1-6-4-12(10(15)11-9(6)14)8-3-2-7(5-13)16-8/h2-9,11H,10H2,1H3,(H,18,20)(H,19,21);2-4,7-8,13H,5H2,1H3,(H,11,14,15)/t;7-,8+/m.0/s1. The highest BCUT2D eigenvalue weighted by atomic mass is 33.1. The van der Waals surface area contributed by atoms with Crippen LogP contribution in [0.3, 0.4) is 0 Å². The average molecular weight is 569 g/mol. The van der Waals surface area contributed by atoms with E-state index in [-0.39, 0.29) is 24.5 Å². The molecular formula is C27H28N4O6S2. The highest BCUT2D eigenvalue weighted by molar-refractivity contribution is 8.76. The molecule has 0 saturated carbocycles. The van der Waals surface area contributed by atoms with E-state index in [0.29, 0.717) is 23.2 Å². The second-order valence-electron chi connectivity index (χ2n) is 8.85. The predicted molar refractivity (Wildman–Crippen MR) is 150 cm³/mol. The maximum absolute atomic E-state index is 12.4. The fraction of sp³-hybridized carbons (Fsp3) is 0.259. The van der Waals surface area contributed by atoms with Crippen molar-refractivity contribution >= 4 is 33.4 Å². The van der Waals surface area contributed by atoms with Gasteiger partial charge in [0.25, 0.3) is 17.4 Å². The summed E-state index contributed by atoms with van der Waals surface area (Å²) >= 11 is 0. The van der Waals surface area contributed by atoms with Gasteiger partial charge in [0.05, 0.1) is 17.7 Å². The molecule has 3 aromatic rings. The monoisotopic (exact) mass is 568 g/mol. The van der Waals surface area contributed by atoms with Crippen molar-refractivity contribution in [2.24, 2.45) is 0 Å². The lowest BCUT2D eigenvalue weighted by Crippen LogP contribution is -2.42. The van der Waals surface area contributed by atoms with Gasteiger partial charge in [0.1, 0.15) is 6.10 Å². The molecule has 10 nitrogen and oxygen atoms in total. The van der Waals surface area contributed by atoms with Gasteiger partial charge in [0.2, 0.25) is 0 Å². The average Bonchev–Trinajstić information content (AvgIpc) is 3.42.